The Labute approximate surface area is 114 Å². The summed E-state index contributed by atoms with van der Waals surface area (Å²) in [5, 5.41) is 2.89. The van der Waals surface area contributed by atoms with E-state index >= 15 is 0 Å². The van der Waals surface area contributed by atoms with Crippen LogP contribution in [0.25, 0.3) is 0 Å². The van der Waals surface area contributed by atoms with Gasteiger partial charge in [0.15, 0.2) is 6.61 Å². The monoisotopic (exact) mass is 266 g/mol. The highest BCUT2D eigenvalue weighted by Gasteiger charge is 2.17. The highest BCUT2D eigenvalue weighted by atomic mass is 16.5. The number of hydrogen-bond donors (Lipinski definition) is 2. The molecule has 1 rings (SSSR count). The van der Waals surface area contributed by atoms with Crippen molar-refractivity contribution in [1.29, 1.82) is 0 Å². The molecule has 0 unspecified atom stereocenters. The fourth-order valence-corrected chi connectivity index (χ4v) is 1.45. The van der Waals surface area contributed by atoms with Crippen LogP contribution in [0.1, 0.15) is 27.2 Å². The van der Waals surface area contributed by atoms with Gasteiger partial charge in [-0.2, -0.15) is 0 Å². The topological polar surface area (TPSA) is 73.6 Å². The lowest BCUT2D eigenvalue weighted by atomic mass is 10.0. The second-order valence-electron chi connectivity index (χ2n) is 4.98. The van der Waals surface area contributed by atoms with E-state index < -0.39 is 0 Å². The molecule has 106 valence electrons. The largest absolute Gasteiger partial charge is 0.495 e. The summed E-state index contributed by atoms with van der Waals surface area (Å²) < 4.78 is 10.4. The van der Waals surface area contributed by atoms with Crippen molar-refractivity contribution < 1.29 is 14.3 Å². The lowest BCUT2D eigenvalue weighted by Crippen LogP contribution is -2.44. The third-order valence-corrected chi connectivity index (χ3v) is 2.93. The van der Waals surface area contributed by atoms with Crippen molar-refractivity contribution in [2.75, 3.05) is 19.5 Å². The van der Waals surface area contributed by atoms with Crippen LogP contribution in [0.4, 0.5) is 5.69 Å². The summed E-state index contributed by atoms with van der Waals surface area (Å²) in [4.78, 5) is 11.7. The fraction of sp³-hybridized carbons (Fsp3) is 0.500. The Kier molecular flexibility index (Phi) is 5.03. The smallest absolute Gasteiger partial charge is 0.258 e. The molecule has 19 heavy (non-hydrogen) atoms. The third kappa shape index (κ3) is 4.69. The molecule has 0 atom stereocenters. The van der Waals surface area contributed by atoms with Gasteiger partial charge in [0.2, 0.25) is 0 Å². The van der Waals surface area contributed by atoms with Crippen molar-refractivity contribution in [3.63, 3.8) is 0 Å². The van der Waals surface area contributed by atoms with E-state index in [2.05, 4.69) is 5.32 Å². The molecule has 0 aliphatic heterocycles. The van der Waals surface area contributed by atoms with Crippen LogP contribution in [0, 0.1) is 0 Å². The summed E-state index contributed by atoms with van der Waals surface area (Å²) in [6.45, 7) is 5.92. The SMILES string of the molecule is CCC(C)(C)NC(=O)COc1ccc(OC)c(N)c1. The number of anilines is 1. The number of nitrogens with one attached hydrogen (secondary N) is 1. The van der Waals surface area contributed by atoms with Crippen LogP contribution in [-0.4, -0.2) is 25.2 Å². The van der Waals surface area contributed by atoms with E-state index in [1.54, 1.807) is 25.3 Å². The molecule has 0 aliphatic rings. The van der Waals surface area contributed by atoms with E-state index in [1.807, 2.05) is 20.8 Å². The Morgan fingerprint density at radius 1 is 1.42 bits per heavy atom. The molecule has 0 spiro atoms. The number of carbonyl (C=O) groups is 1. The van der Waals surface area contributed by atoms with Gasteiger partial charge in [0.1, 0.15) is 11.5 Å². The van der Waals surface area contributed by atoms with Crippen LogP contribution < -0.4 is 20.5 Å². The van der Waals surface area contributed by atoms with Crippen molar-refractivity contribution in [3.05, 3.63) is 18.2 Å². The number of amides is 1. The fourth-order valence-electron chi connectivity index (χ4n) is 1.45. The van der Waals surface area contributed by atoms with Crippen LogP contribution in [0.15, 0.2) is 18.2 Å². The second-order valence-corrected chi connectivity index (χ2v) is 4.98. The van der Waals surface area contributed by atoms with Gasteiger partial charge in [-0.15, -0.1) is 0 Å². The molecular formula is C14H22N2O3. The number of methoxy groups -OCH3 is 1. The van der Waals surface area contributed by atoms with Crippen molar-refractivity contribution >= 4 is 11.6 Å². The van der Waals surface area contributed by atoms with Crippen molar-refractivity contribution in [2.24, 2.45) is 0 Å². The zero-order chi connectivity index (χ0) is 14.5. The first-order valence-electron chi connectivity index (χ1n) is 6.25. The van der Waals surface area contributed by atoms with Gasteiger partial charge in [-0.3, -0.25) is 4.79 Å². The Bertz CT molecular complexity index is 444. The van der Waals surface area contributed by atoms with E-state index in [4.69, 9.17) is 15.2 Å². The number of carbonyl (C=O) groups excluding carboxylic acids is 1. The first-order chi connectivity index (χ1) is 8.88. The zero-order valence-electron chi connectivity index (χ0n) is 11.9. The minimum absolute atomic E-state index is 0.0325. The van der Waals surface area contributed by atoms with Gasteiger partial charge >= 0.3 is 0 Å². The number of nitrogens with two attached hydrogens (primary N) is 1. The van der Waals surface area contributed by atoms with Gasteiger partial charge in [-0.1, -0.05) is 6.92 Å². The van der Waals surface area contributed by atoms with Crippen LogP contribution in [0.3, 0.4) is 0 Å². The zero-order valence-corrected chi connectivity index (χ0v) is 11.9. The minimum atomic E-state index is -0.223. The summed E-state index contributed by atoms with van der Waals surface area (Å²) in [6, 6.07) is 5.06. The van der Waals surface area contributed by atoms with Crippen LogP contribution >= 0.6 is 0 Å². The molecule has 0 saturated carbocycles. The molecule has 0 heterocycles. The third-order valence-electron chi connectivity index (χ3n) is 2.93. The summed E-state index contributed by atoms with van der Waals surface area (Å²) in [6.07, 6.45) is 0.855. The maximum atomic E-state index is 11.7. The Balaban J connectivity index is 2.53. The molecule has 5 nitrogen and oxygen atoms in total. The lowest BCUT2D eigenvalue weighted by Gasteiger charge is -2.24. The average molecular weight is 266 g/mol. The maximum absolute atomic E-state index is 11.7. The van der Waals surface area contributed by atoms with Gasteiger partial charge in [0, 0.05) is 11.6 Å². The average Bonchev–Trinajstić information content (AvgIpc) is 2.36. The summed E-state index contributed by atoms with van der Waals surface area (Å²) in [5.41, 5.74) is 6.01. The van der Waals surface area contributed by atoms with Crippen molar-refractivity contribution in [1.82, 2.24) is 5.32 Å². The molecule has 3 N–H and O–H groups in total. The Morgan fingerprint density at radius 3 is 2.63 bits per heavy atom. The lowest BCUT2D eigenvalue weighted by molar-refractivity contribution is -0.124. The van der Waals surface area contributed by atoms with Gasteiger partial charge in [0.05, 0.1) is 12.8 Å². The van der Waals surface area contributed by atoms with Crippen LogP contribution in [0.2, 0.25) is 0 Å². The number of hydrogen-bond acceptors (Lipinski definition) is 4. The molecule has 1 aromatic carbocycles. The predicted octanol–water partition coefficient (Wildman–Crippen LogP) is 1.96. The van der Waals surface area contributed by atoms with Crippen LogP contribution in [-0.2, 0) is 4.79 Å². The highest BCUT2D eigenvalue weighted by Crippen LogP contribution is 2.25. The molecule has 0 radical (unpaired) electrons. The molecule has 0 aromatic heterocycles. The van der Waals surface area contributed by atoms with Gasteiger partial charge in [-0.25, -0.2) is 0 Å². The van der Waals surface area contributed by atoms with Crippen molar-refractivity contribution in [3.8, 4) is 11.5 Å². The molecule has 1 aromatic rings. The van der Waals surface area contributed by atoms with Gasteiger partial charge in [0.25, 0.3) is 5.91 Å². The Morgan fingerprint density at radius 2 is 2.11 bits per heavy atom. The maximum Gasteiger partial charge on any atom is 0.258 e. The number of nitrogen functional groups attached to an aromatic ring is 1. The molecule has 5 heteroatoms. The van der Waals surface area contributed by atoms with Gasteiger partial charge < -0.3 is 20.5 Å². The molecular weight excluding hydrogens is 244 g/mol. The molecule has 0 aliphatic carbocycles. The first-order valence-corrected chi connectivity index (χ1v) is 6.25. The van der Waals surface area contributed by atoms with E-state index in [9.17, 15) is 4.79 Å². The predicted molar refractivity (Wildman–Crippen MR) is 75.4 cm³/mol. The summed E-state index contributed by atoms with van der Waals surface area (Å²) >= 11 is 0. The standard InChI is InChI=1S/C14H22N2O3/c1-5-14(2,3)16-13(17)9-19-10-6-7-12(18-4)11(15)8-10/h6-8H,5,9,15H2,1-4H3,(H,16,17). The number of rotatable bonds is 6. The quantitative estimate of drug-likeness (QED) is 0.772. The second kappa shape index (κ2) is 6.31. The van der Waals surface area contributed by atoms with E-state index in [0.29, 0.717) is 17.2 Å². The molecule has 0 fully saturated rings. The molecule has 0 bridgehead atoms. The normalized spacial score (nSPS) is 10.9. The van der Waals surface area contributed by atoms with E-state index in [0.717, 1.165) is 6.42 Å². The molecule has 1 amide bonds. The summed E-state index contributed by atoms with van der Waals surface area (Å²) in [5.74, 6) is 0.980. The Hall–Kier alpha value is -1.91. The van der Waals surface area contributed by atoms with Crippen LogP contribution in [0.5, 0.6) is 11.5 Å². The molecule has 0 saturated heterocycles. The van der Waals surface area contributed by atoms with Crippen molar-refractivity contribution in [2.45, 2.75) is 32.7 Å². The minimum Gasteiger partial charge on any atom is -0.495 e. The number of ether oxygens (including phenoxy) is 2. The first kappa shape index (κ1) is 15.1. The summed E-state index contributed by atoms with van der Waals surface area (Å²) in [7, 11) is 1.55. The van der Waals surface area contributed by atoms with E-state index in [1.165, 1.54) is 0 Å². The van der Waals surface area contributed by atoms with Gasteiger partial charge in [-0.05, 0) is 32.4 Å². The van der Waals surface area contributed by atoms with E-state index in [-0.39, 0.29) is 18.1 Å². The number of benzene rings is 1. The highest BCUT2D eigenvalue weighted by molar-refractivity contribution is 5.78.